The zero-order valence-corrected chi connectivity index (χ0v) is 14.2. The molecule has 0 spiro atoms. The summed E-state index contributed by atoms with van der Waals surface area (Å²) in [6.45, 7) is 4.72. The third-order valence-electron chi connectivity index (χ3n) is 3.81. The van der Waals surface area contributed by atoms with Crippen molar-refractivity contribution >= 4 is 22.8 Å². The minimum absolute atomic E-state index is 0.106. The van der Waals surface area contributed by atoms with Crippen LogP contribution in [0, 0.1) is 13.8 Å². The molecule has 2 aromatic rings. The van der Waals surface area contributed by atoms with Crippen LogP contribution in [-0.2, 0) is 0 Å². The lowest BCUT2D eigenvalue weighted by Crippen LogP contribution is -2.27. The maximum Gasteiger partial charge on any atom is 0.259 e. The summed E-state index contributed by atoms with van der Waals surface area (Å²) in [6, 6.07) is 9.71. The molecule has 0 radical (unpaired) electrons. The molecule has 0 saturated heterocycles. The van der Waals surface area contributed by atoms with Crippen LogP contribution in [0.5, 0.6) is 5.75 Å². The number of ether oxygens (including phenoxy) is 1. The fourth-order valence-electron chi connectivity index (χ4n) is 2.70. The Hall–Kier alpha value is -2.21. The Morgan fingerprint density at radius 1 is 1.30 bits per heavy atom. The standard InChI is InChI=1S/C17H19N3O2S/c1-11-10-15(16(21)19-17-18-8-9-23-17)12(2)20(11)13-4-6-14(22-3)7-5-13/h4-7,10H,8-9H2,1-3H3,(H,18,19,21). The molecule has 120 valence electrons. The van der Waals surface area contributed by atoms with E-state index in [4.69, 9.17) is 4.74 Å². The Labute approximate surface area is 139 Å². The van der Waals surface area contributed by atoms with Crippen LogP contribution in [0.25, 0.3) is 5.69 Å². The van der Waals surface area contributed by atoms with Gasteiger partial charge in [-0.3, -0.25) is 9.79 Å². The number of rotatable bonds is 3. The minimum atomic E-state index is -0.106. The third-order valence-corrected chi connectivity index (χ3v) is 4.70. The molecule has 0 bridgehead atoms. The Bertz CT molecular complexity index is 763. The van der Waals surface area contributed by atoms with Crippen LogP contribution in [0.2, 0.25) is 0 Å². The van der Waals surface area contributed by atoms with E-state index in [0.29, 0.717) is 10.7 Å². The third kappa shape index (κ3) is 3.12. The summed E-state index contributed by atoms with van der Waals surface area (Å²) < 4.78 is 7.26. The first-order chi connectivity index (χ1) is 11.1. The number of carbonyl (C=O) groups excluding carboxylic acids is 1. The van der Waals surface area contributed by atoms with Gasteiger partial charge < -0.3 is 14.6 Å². The van der Waals surface area contributed by atoms with Gasteiger partial charge >= 0.3 is 0 Å². The molecule has 0 aliphatic carbocycles. The van der Waals surface area contributed by atoms with Crippen LogP contribution in [-0.4, -0.2) is 35.0 Å². The average molecular weight is 329 g/mol. The van der Waals surface area contributed by atoms with E-state index in [0.717, 1.165) is 35.1 Å². The number of amidine groups is 1. The normalized spacial score (nSPS) is 13.8. The summed E-state index contributed by atoms with van der Waals surface area (Å²) in [6.07, 6.45) is 0. The van der Waals surface area contributed by atoms with E-state index in [1.54, 1.807) is 18.9 Å². The van der Waals surface area contributed by atoms with Gasteiger partial charge in [0.25, 0.3) is 5.91 Å². The highest BCUT2D eigenvalue weighted by molar-refractivity contribution is 8.14. The topological polar surface area (TPSA) is 55.6 Å². The average Bonchev–Trinajstić information content (AvgIpc) is 3.15. The van der Waals surface area contributed by atoms with Gasteiger partial charge in [0.2, 0.25) is 0 Å². The van der Waals surface area contributed by atoms with E-state index in [1.807, 2.05) is 44.2 Å². The van der Waals surface area contributed by atoms with Crippen molar-refractivity contribution in [2.24, 2.45) is 4.99 Å². The van der Waals surface area contributed by atoms with Crippen molar-refractivity contribution in [2.75, 3.05) is 19.4 Å². The molecule has 1 aliphatic heterocycles. The number of hydrogen-bond donors (Lipinski definition) is 1. The Kier molecular flexibility index (Phi) is 4.43. The summed E-state index contributed by atoms with van der Waals surface area (Å²) in [4.78, 5) is 16.7. The zero-order chi connectivity index (χ0) is 16.4. The lowest BCUT2D eigenvalue weighted by Gasteiger charge is -2.11. The molecular formula is C17H19N3O2S. The number of carbonyl (C=O) groups is 1. The molecule has 3 rings (SSSR count). The lowest BCUT2D eigenvalue weighted by molar-refractivity contribution is 0.0977. The van der Waals surface area contributed by atoms with E-state index < -0.39 is 0 Å². The summed E-state index contributed by atoms with van der Waals surface area (Å²) in [5, 5.41) is 3.60. The molecule has 2 heterocycles. The number of thioether (sulfide) groups is 1. The minimum Gasteiger partial charge on any atom is -0.497 e. The van der Waals surface area contributed by atoms with Gasteiger partial charge in [-0.1, -0.05) is 11.8 Å². The van der Waals surface area contributed by atoms with E-state index in [-0.39, 0.29) is 5.91 Å². The fourth-order valence-corrected chi connectivity index (χ4v) is 3.42. The van der Waals surface area contributed by atoms with E-state index >= 15 is 0 Å². The molecule has 23 heavy (non-hydrogen) atoms. The second-order valence-corrected chi connectivity index (χ2v) is 6.39. The summed E-state index contributed by atoms with van der Waals surface area (Å²) >= 11 is 1.58. The first kappa shape index (κ1) is 15.7. The molecule has 0 atom stereocenters. The molecule has 1 aliphatic rings. The van der Waals surface area contributed by atoms with Gasteiger partial charge in [0.05, 0.1) is 19.2 Å². The number of methoxy groups -OCH3 is 1. The lowest BCUT2D eigenvalue weighted by atomic mass is 10.2. The number of nitrogens with zero attached hydrogens (tertiary/aromatic N) is 2. The van der Waals surface area contributed by atoms with Gasteiger partial charge in [-0.25, -0.2) is 0 Å². The van der Waals surface area contributed by atoms with Gasteiger partial charge in [-0.15, -0.1) is 0 Å². The molecule has 6 heteroatoms. The highest BCUT2D eigenvalue weighted by Crippen LogP contribution is 2.23. The van der Waals surface area contributed by atoms with Gasteiger partial charge in [0.15, 0.2) is 5.17 Å². The molecule has 0 unspecified atom stereocenters. The van der Waals surface area contributed by atoms with Crippen LogP contribution in [0.15, 0.2) is 35.3 Å². The van der Waals surface area contributed by atoms with Crippen LogP contribution < -0.4 is 10.1 Å². The summed E-state index contributed by atoms with van der Waals surface area (Å²) in [5.74, 6) is 1.64. The molecular weight excluding hydrogens is 310 g/mol. The Morgan fingerprint density at radius 2 is 2.04 bits per heavy atom. The van der Waals surface area contributed by atoms with Gasteiger partial charge in [0, 0.05) is 22.8 Å². The Balaban J connectivity index is 1.90. The highest BCUT2D eigenvalue weighted by Gasteiger charge is 2.19. The second kappa shape index (κ2) is 6.50. The molecule has 1 amide bonds. The van der Waals surface area contributed by atoms with E-state index in [9.17, 15) is 4.79 Å². The molecule has 0 saturated carbocycles. The van der Waals surface area contributed by atoms with Crippen LogP contribution in [0.1, 0.15) is 21.7 Å². The Morgan fingerprint density at radius 3 is 2.65 bits per heavy atom. The van der Waals surface area contributed by atoms with E-state index in [2.05, 4.69) is 14.9 Å². The number of aryl methyl sites for hydroxylation is 1. The number of amides is 1. The monoisotopic (exact) mass is 329 g/mol. The zero-order valence-electron chi connectivity index (χ0n) is 13.4. The van der Waals surface area contributed by atoms with Gasteiger partial charge in [0.1, 0.15) is 5.75 Å². The maximum atomic E-state index is 12.5. The number of hydrogen-bond acceptors (Lipinski definition) is 4. The first-order valence-electron chi connectivity index (χ1n) is 7.42. The van der Waals surface area contributed by atoms with Crippen molar-refractivity contribution in [1.82, 2.24) is 9.88 Å². The van der Waals surface area contributed by atoms with E-state index in [1.165, 1.54) is 0 Å². The van der Waals surface area contributed by atoms with Crippen molar-refractivity contribution in [3.8, 4) is 11.4 Å². The molecule has 1 aromatic carbocycles. The van der Waals surface area contributed by atoms with Crippen LogP contribution in [0.3, 0.4) is 0 Å². The predicted molar refractivity (Wildman–Crippen MR) is 94.0 cm³/mol. The summed E-state index contributed by atoms with van der Waals surface area (Å²) in [7, 11) is 1.65. The smallest absolute Gasteiger partial charge is 0.259 e. The largest absolute Gasteiger partial charge is 0.497 e. The molecule has 0 fully saturated rings. The number of aliphatic imine (C=N–C) groups is 1. The fraction of sp³-hybridized carbons (Fsp3) is 0.294. The van der Waals surface area contributed by atoms with Gasteiger partial charge in [-0.2, -0.15) is 0 Å². The first-order valence-corrected chi connectivity index (χ1v) is 8.40. The summed E-state index contributed by atoms with van der Waals surface area (Å²) in [5.41, 5.74) is 3.61. The second-order valence-electron chi connectivity index (χ2n) is 5.31. The number of nitrogens with one attached hydrogen (secondary N) is 1. The quantitative estimate of drug-likeness (QED) is 0.942. The van der Waals surface area contributed by atoms with Crippen molar-refractivity contribution in [1.29, 1.82) is 0 Å². The predicted octanol–water partition coefficient (Wildman–Crippen LogP) is 2.94. The number of benzene rings is 1. The SMILES string of the molecule is COc1ccc(-n2c(C)cc(C(=O)NC3=NCCS3)c2C)cc1. The van der Waals surface area contributed by atoms with Crippen molar-refractivity contribution in [3.05, 3.63) is 47.3 Å². The molecule has 5 nitrogen and oxygen atoms in total. The van der Waals surface area contributed by atoms with Crippen LogP contribution >= 0.6 is 11.8 Å². The van der Waals surface area contributed by atoms with Crippen molar-refractivity contribution < 1.29 is 9.53 Å². The maximum absolute atomic E-state index is 12.5. The van der Waals surface area contributed by atoms with Crippen molar-refractivity contribution in [2.45, 2.75) is 13.8 Å². The molecule has 1 aromatic heterocycles. The molecule has 1 N–H and O–H groups in total. The number of aromatic nitrogens is 1. The highest BCUT2D eigenvalue weighted by atomic mass is 32.2. The van der Waals surface area contributed by atoms with Crippen molar-refractivity contribution in [3.63, 3.8) is 0 Å². The van der Waals surface area contributed by atoms with Crippen LogP contribution in [0.4, 0.5) is 0 Å². The van der Waals surface area contributed by atoms with Gasteiger partial charge in [-0.05, 0) is 44.2 Å².